The Balaban J connectivity index is 1.69. The third-order valence-electron chi connectivity index (χ3n) is 5.25. The molecular weight excluding hydrogens is 354 g/mol. The summed E-state index contributed by atoms with van der Waals surface area (Å²) in [5, 5.41) is 8.48. The molecule has 1 N–H and O–H groups in total. The molecule has 1 amide bonds. The fraction of sp³-hybridized carbons (Fsp3) is 0.333. The second kappa shape index (κ2) is 7.07. The van der Waals surface area contributed by atoms with Crippen LogP contribution in [0, 0.1) is 20.8 Å². The largest absolute Gasteiger partial charge is 0.329 e. The van der Waals surface area contributed by atoms with Gasteiger partial charge in [-0.15, -0.1) is 10.2 Å². The van der Waals surface area contributed by atoms with Gasteiger partial charge >= 0.3 is 0 Å². The topological polar surface area (TPSA) is 83.9 Å². The molecule has 1 aliphatic rings. The van der Waals surface area contributed by atoms with Crippen LogP contribution in [0.25, 0.3) is 0 Å². The maximum Gasteiger partial charge on any atom is 0.261 e. The molecule has 1 atom stereocenters. The van der Waals surface area contributed by atoms with E-state index >= 15 is 0 Å². The third kappa shape index (κ3) is 3.24. The number of fused-ring (bicyclic) bond motifs is 1. The second-order valence-corrected chi connectivity index (χ2v) is 7.40. The number of pyridine rings is 1. The highest BCUT2D eigenvalue weighted by atomic mass is 16.2. The van der Waals surface area contributed by atoms with Gasteiger partial charge in [0.2, 0.25) is 0 Å². The molecule has 0 saturated carbocycles. The maximum atomic E-state index is 13.2. The quantitative estimate of drug-likeness (QED) is 0.759. The summed E-state index contributed by atoms with van der Waals surface area (Å²) in [6.45, 7) is 6.39. The van der Waals surface area contributed by atoms with E-state index in [2.05, 4.69) is 31.9 Å². The zero-order valence-corrected chi connectivity index (χ0v) is 16.3. The number of amides is 1. The van der Waals surface area contributed by atoms with Crippen LogP contribution in [-0.2, 0) is 13.0 Å². The number of nitrogens with one attached hydrogen (secondary N) is 1. The number of carbonyl (C=O) groups excluding carboxylic acids is 1. The number of H-pyrrole nitrogens is 1. The molecule has 0 aliphatic carbocycles. The van der Waals surface area contributed by atoms with Crippen LogP contribution in [0.4, 0.5) is 0 Å². The summed E-state index contributed by atoms with van der Waals surface area (Å²) in [5.74, 6) is 1.33. The van der Waals surface area contributed by atoms with E-state index in [9.17, 15) is 9.59 Å². The van der Waals surface area contributed by atoms with Gasteiger partial charge in [-0.1, -0.05) is 30.3 Å². The number of benzene rings is 1. The molecule has 0 fully saturated rings. The van der Waals surface area contributed by atoms with Crippen LogP contribution in [0.3, 0.4) is 0 Å². The highest BCUT2D eigenvalue weighted by molar-refractivity contribution is 5.95. The van der Waals surface area contributed by atoms with E-state index in [4.69, 9.17) is 0 Å². The van der Waals surface area contributed by atoms with E-state index < -0.39 is 0 Å². The van der Waals surface area contributed by atoms with Gasteiger partial charge in [-0.25, -0.2) is 0 Å². The van der Waals surface area contributed by atoms with Crippen LogP contribution >= 0.6 is 0 Å². The van der Waals surface area contributed by atoms with Gasteiger partial charge in [-0.3, -0.25) is 9.59 Å². The molecule has 0 spiro atoms. The average molecular weight is 377 g/mol. The highest BCUT2D eigenvalue weighted by Crippen LogP contribution is 2.26. The average Bonchev–Trinajstić information content (AvgIpc) is 3.03. The molecule has 0 unspecified atom stereocenters. The van der Waals surface area contributed by atoms with Crippen molar-refractivity contribution < 1.29 is 4.79 Å². The molecule has 7 nitrogen and oxygen atoms in total. The molecule has 1 aliphatic heterocycles. The number of aromatic nitrogens is 4. The van der Waals surface area contributed by atoms with Gasteiger partial charge in [-0.05, 0) is 44.4 Å². The Kier molecular flexibility index (Phi) is 4.58. The van der Waals surface area contributed by atoms with Crippen LogP contribution in [-0.4, -0.2) is 37.1 Å². The summed E-state index contributed by atoms with van der Waals surface area (Å²) in [4.78, 5) is 30.1. The Hall–Kier alpha value is -3.22. The first-order chi connectivity index (χ1) is 13.4. The lowest BCUT2D eigenvalue weighted by atomic mass is 10.0. The molecule has 4 rings (SSSR count). The van der Waals surface area contributed by atoms with E-state index in [1.54, 1.807) is 11.8 Å². The third-order valence-corrected chi connectivity index (χ3v) is 5.25. The van der Waals surface area contributed by atoms with Crippen LogP contribution in [0.15, 0.2) is 41.2 Å². The molecule has 3 aromatic rings. The van der Waals surface area contributed by atoms with Crippen LogP contribution in [0.5, 0.6) is 0 Å². The predicted octanol–water partition coefficient (Wildman–Crippen LogP) is 2.33. The van der Waals surface area contributed by atoms with Crippen molar-refractivity contribution in [2.24, 2.45) is 0 Å². The van der Waals surface area contributed by atoms with Crippen molar-refractivity contribution in [1.29, 1.82) is 0 Å². The van der Waals surface area contributed by atoms with Crippen molar-refractivity contribution in [2.45, 2.75) is 39.8 Å². The number of rotatable bonds is 3. The molecular formula is C21H23N5O2. The molecule has 7 heteroatoms. The molecule has 0 saturated heterocycles. The summed E-state index contributed by atoms with van der Waals surface area (Å²) < 4.78 is 2.11. The van der Waals surface area contributed by atoms with E-state index in [0.717, 1.165) is 23.8 Å². The summed E-state index contributed by atoms with van der Waals surface area (Å²) in [6.07, 6.45) is 0.764. The fourth-order valence-corrected chi connectivity index (χ4v) is 4.04. The van der Waals surface area contributed by atoms with Gasteiger partial charge < -0.3 is 14.5 Å². The van der Waals surface area contributed by atoms with Gasteiger partial charge in [0.15, 0.2) is 5.82 Å². The van der Waals surface area contributed by atoms with Crippen LogP contribution in [0.2, 0.25) is 0 Å². The molecule has 3 heterocycles. The molecule has 28 heavy (non-hydrogen) atoms. The van der Waals surface area contributed by atoms with Gasteiger partial charge in [0.1, 0.15) is 11.4 Å². The number of aryl methyl sites for hydroxylation is 3. The second-order valence-electron chi connectivity index (χ2n) is 7.40. The molecule has 2 aromatic heterocycles. The van der Waals surface area contributed by atoms with Gasteiger partial charge in [0.05, 0.1) is 12.6 Å². The number of nitrogens with zero attached hydrogens (tertiary/aromatic N) is 4. The van der Waals surface area contributed by atoms with Crippen molar-refractivity contribution in [1.82, 2.24) is 24.6 Å². The Morgan fingerprint density at radius 3 is 2.64 bits per heavy atom. The summed E-state index contributed by atoms with van der Waals surface area (Å²) in [5.41, 5.74) is 2.48. The van der Waals surface area contributed by atoms with E-state index in [0.29, 0.717) is 18.7 Å². The lowest BCUT2D eigenvalue weighted by Crippen LogP contribution is -2.44. The minimum Gasteiger partial charge on any atom is -0.329 e. The van der Waals surface area contributed by atoms with E-state index in [1.165, 1.54) is 5.56 Å². The zero-order valence-electron chi connectivity index (χ0n) is 16.3. The zero-order chi connectivity index (χ0) is 19.8. The SMILES string of the molecule is Cc1cc(C)c(C(=O)N2Cc3nnc(C)n3[C@H](Cc3ccccc3)C2)c(=O)[nH]1. The lowest BCUT2D eigenvalue weighted by molar-refractivity contribution is 0.0669. The minimum absolute atomic E-state index is 0.0231. The standard InChI is InChI=1S/C21H23N5O2/c1-13-9-14(2)22-20(27)19(13)21(28)25-11-17(10-16-7-5-4-6-8-16)26-15(3)23-24-18(26)12-25/h4-9,17H,10-12H2,1-3H3,(H,22,27)/t17-/m1/s1. The Bertz CT molecular complexity index is 1080. The minimum atomic E-state index is -0.342. The molecule has 144 valence electrons. The number of hydrogen-bond donors (Lipinski definition) is 1. The van der Waals surface area contributed by atoms with Crippen molar-refractivity contribution in [3.05, 3.63) is 80.8 Å². The highest BCUT2D eigenvalue weighted by Gasteiger charge is 2.32. The normalized spacial score (nSPS) is 16.1. The monoisotopic (exact) mass is 377 g/mol. The first-order valence-corrected chi connectivity index (χ1v) is 9.38. The van der Waals surface area contributed by atoms with E-state index in [1.807, 2.05) is 38.1 Å². The van der Waals surface area contributed by atoms with Crippen molar-refractivity contribution in [3.8, 4) is 0 Å². The summed E-state index contributed by atoms with van der Waals surface area (Å²) >= 11 is 0. The molecule has 1 aromatic carbocycles. The van der Waals surface area contributed by atoms with Crippen molar-refractivity contribution in [2.75, 3.05) is 6.54 Å². The van der Waals surface area contributed by atoms with Crippen molar-refractivity contribution in [3.63, 3.8) is 0 Å². The maximum absolute atomic E-state index is 13.2. The first kappa shape index (κ1) is 18.2. The lowest BCUT2D eigenvalue weighted by Gasteiger charge is -2.34. The van der Waals surface area contributed by atoms with E-state index in [-0.39, 0.29) is 23.1 Å². The number of carbonyl (C=O) groups is 1. The van der Waals surface area contributed by atoms with Crippen LogP contribution in [0.1, 0.15) is 44.9 Å². The number of aromatic amines is 1. The van der Waals surface area contributed by atoms with Crippen molar-refractivity contribution >= 4 is 5.91 Å². The molecule has 0 radical (unpaired) electrons. The predicted molar refractivity (Wildman–Crippen MR) is 105 cm³/mol. The number of hydrogen-bond acceptors (Lipinski definition) is 4. The Labute approximate surface area is 163 Å². The summed E-state index contributed by atoms with van der Waals surface area (Å²) in [6, 6.07) is 12.0. The van der Waals surface area contributed by atoms with Gasteiger partial charge in [-0.2, -0.15) is 0 Å². The Morgan fingerprint density at radius 1 is 1.18 bits per heavy atom. The van der Waals surface area contributed by atoms with Gasteiger partial charge in [0, 0.05) is 12.2 Å². The Morgan fingerprint density at radius 2 is 1.93 bits per heavy atom. The van der Waals surface area contributed by atoms with Gasteiger partial charge in [0.25, 0.3) is 11.5 Å². The fourth-order valence-electron chi connectivity index (χ4n) is 4.04. The van der Waals surface area contributed by atoms with Crippen LogP contribution < -0.4 is 5.56 Å². The molecule has 0 bridgehead atoms. The summed E-state index contributed by atoms with van der Waals surface area (Å²) in [7, 11) is 0. The first-order valence-electron chi connectivity index (χ1n) is 9.38. The smallest absolute Gasteiger partial charge is 0.261 e.